The molecule has 18 heteroatoms. The Labute approximate surface area is 628 Å². The largest absolute Gasteiger partial charge is 0.472 e. The number of aliphatic hydroxyl groups excluding tert-OH is 2. The van der Waals surface area contributed by atoms with Crippen molar-refractivity contribution in [3.05, 3.63) is 109 Å². The van der Waals surface area contributed by atoms with Crippen molar-refractivity contribution in [2.24, 2.45) is 0 Å². The third-order valence-electron chi connectivity index (χ3n) is 17.4. The van der Waals surface area contributed by atoms with Crippen molar-refractivity contribution in [1.29, 1.82) is 0 Å². The van der Waals surface area contributed by atoms with Gasteiger partial charge in [0.15, 0.2) is 6.10 Å². The Kier molecular flexibility index (Phi) is 74.9. The lowest BCUT2D eigenvalue weighted by Crippen LogP contribution is -2.30. The third kappa shape index (κ3) is 79.1. The minimum absolute atomic E-state index is 0.0925. The van der Waals surface area contributed by atoms with Gasteiger partial charge in [-0.2, -0.15) is 0 Å². The van der Waals surface area contributed by atoms with E-state index in [9.17, 15) is 43.5 Å². The van der Waals surface area contributed by atoms with Gasteiger partial charge in [0.1, 0.15) is 25.4 Å². The highest BCUT2D eigenvalue weighted by molar-refractivity contribution is 7.47. The first-order chi connectivity index (χ1) is 50.2. The molecule has 0 aliphatic rings. The number of phosphoric acid groups is 2. The third-order valence-corrected chi connectivity index (χ3v) is 19.3. The molecule has 0 amide bonds. The van der Waals surface area contributed by atoms with Crippen LogP contribution in [0.25, 0.3) is 0 Å². The summed E-state index contributed by atoms with van der Waals surface area (Å²) in [6, 6.07) is 0. The summed E-state index contributed by atoms with van der Waals surface area (Å²) in [5, 5.41) is 20.6. The van der Waals surface area contributed by atoms with Crippen molar-refractivity contribution in [2.45, 2.75) is 373 Å². The van der Waals surface area contributed by atoms with Gasteiger partial charge in [-0.25, -0.2) is 9.13 Å². The predicted octanol–water partition coefficient (Wildman–Crippen LogP) is 24.3. The highest BCUT2D eigenvalue weighted by Crippen LogP contribution is 2.45. The zero-order valence-corrected chi connectivity index (χ0v) is 67.0. The van der Waals surface area contributed by atoms with Crippen LogP contribution >= 0.6 is 15.6 Å². The minimum atomic E-state index is -4.93. The number of allylic oxidation sites excluding steroid dienone is 18. The molecule has 596 valence electrons. The standard InChI is InChI=1S/C85H150O16P2/c1-4-7-10-13-16-19-22-24-26-28-30-32-34-36-37-38-39-40-41-43-45-46-48-50-52-54-57-59-62-65-68-71-83(88)95-74-80(86)75-97-102(91,92)98-76-81(87)77-99-103(93,94)100-79-82(101-85(90)73-70-67-64-61-56-21-18-15-12-9-6-3)78-96-84(89)72-69-66-63-60-58-55-53-51-49-47-44-42-35-33-31-29-27-25-23-20-17-14-11-8-5-2/h15-20,24-27,30-33,36-37,42,44,80-82,86-87H,4-14,21-23,28-29,34-35,38-41,43,45-79H2,1-3H3,(H,91,92)(H,93,94)/b18-15-,19-16-,20-17-,26-24-,27-25-,32-30-,33-31-,37-36-,44-42-. The van der Waals surface area contributed by atoms with Crippen LogP contribution in [0.15, 0.2) is 109 Å². The molecular formula is C85H150O16P2. The highest BCUT2D eigenvalue weighted by Gasteiger charge is 2.29. The van der Waals surface area contributed by atoms with Gasteiger partial charge in [-0.1, -0.05) is 316 Å². The lowest BCUT2D eigenvalue weighted by atomic mass is 10.0. The molecule has 0 saturated carbocycles. The molecule has 0 spiro atoms. The molecule has 0 saturated heterocycles. The van der Waals surface area contributed by atoms with Crippen LogP contribution < -0.4 is 0 Å². The number of ether oxygens (including phenoxy) is 3. The first-order valence-corrected chi connectivity index (χ1v) is 44.2. The van der Waals surface area contributed by atoms with Crippen LogP contribution in [0.2, 0.25) is 0 Å². The Morgan fingerprint density at radius 3 is 0.806 bits per heavy atom. The molecule has 0 aromatic heterocycles. The van der Waals surface area contributed by atoms with E-state index in [1.165, 1.54) is 167 Å². The molecule has 0 aliphatic heterocycles. The lowest BCUT2D eigenvalue weighted by molar-refractivity contribution is -0.161. The van der Waals surface area contributed by atoms with Crippen molar-refractivity contribution >= 4 is 33.6 Å². The smallest absolute Gasteiger partial charge is 0.463 e. The number of rotatable bonds is 78. The highest BCUT2D eigenvalue weighted by atomic mass is 31.2. The van der Waals surface area contributed by atoms with Gasteiger partial charge in [0, 0.05) is 19.3 Å². The monoisotopic (exact) mass is 1490 g/mol. The van der Waals surface area contributed by atoms with Crippen molar-refractivity contribution in [3.8, 4) is 0 Å². The van der Waals surface area contributed by atoms with Gasteiger partial charge >= 0.3 is 33.6 Å². The second-order valence-corrected chi connectivity index (χ2v) is 30.5. The van der Waals surface area contributed by atoms with E-state index in [1.54, 1.807) is 0 Å². The first kappa shape index (κ1) is 99.2. The van der Waals surface area contributed by atoms with E-state index in [0.717, 1.165) is 128 Å². The van der Waals surface area contributed by atoms with Gasteiger partial charge in [0.05, 0.1) is 26.4 Å². The maximum atomic E-state index is 12.9. The molecule has 0 aliphatic carbocycles. The maximum absolute atomic E-state index is 12.9. The van der Waals surface area contributed by atoms with E-state index in [0.29, 0.717) is 19.3 Å². The van der Waals surface area contributed by atoms with Crippen molar-refractivity contribution in [1.82, 2.24) is 0 Å². The van der Waals surface area contributed by atoms with Crippen LogP contribution in [0.1, 0.15) is 355 Å². The molecule has 5 atom stereocenters. The molecule has 0 radical (unpaired) electrons. The molecule has 0 fully saturated rings. The summed E-state index contributed by atoms with van der Waals surface area (Å²) in [7, 11) is -9.79. The SMILES string of the molecule is CCCC/C=C\CCCCCCCC(=O)OC(COC(=O)CCCCCCCCCCC/C=C\C/C=C\C/C=C\C/C=C\CCCCC)COP(=O)(O)OCC(O)COP(=O)(O)OCC(O)COC(=O)CCCCCCCCCCCCCCCCC/C=C\C/C=C\C/C=C\C/C=C\CCCCC. The van der Waals surface area contributed by atoms with Gasteiger partial charge in [-0.05, 0) is 128 Å². The summed E-state index contributed by atoms with van der Waals surface area (Å²) in [5.74, 6) is -1.58. The summed E-state index contributed by atoms with van der Waals surface area (Å²) in [6.45, 7) is 2.60. The van der Waals surface area contributed by atoms with Crippen molar-refractivity contribution < 1.29 is 75.8 Å². The molecular weight excluding hydrogens is 1340 g/mol. The average molecular weight is 1490 g/mol. The number of unbranched alkanes of at least 4 members (excludes halogenated alkanes) is 37. The second kappa shape index (κ2) is 77.8. The fourth-order valence-electron chi connectivity index (χ4n) is 11.1. The number of aliphatic hydroxyl groups is 2. The van der Waals surface area contributed by atoms with E-state index in [-0.39, 0.29) is 19.3 Å². The zero-order chi connectivity index (χ0) is 75.2. The molecule has 0 rings (SSSR count). The van der Waals surface area contributed by atoms with Crippen molar-refractivity contribution in [2.75, 3.05) is 39.6 Å². The fraction of sp³-hybridized carbons (Fsp3) is 0.753. The van der Waals surface area contributed by atoms with Crippen LogP contribution in [0, 0.1) is 0 Å². The maximum Gasteiger partial charge on any atom is 0.472 e. The van der Waals surface area contributed by atoms with Gasteiger partial charge in [-0.3, -0.25) is 32.5 Å². The van der Waals surface area contributed by atoms with Gasteiger partial charge < -0.3 is 34.2 Å². The van der Waals surface area contributed by atoms with Gasteiger partial charge in [0.2, 0.25) is 0 Å². The summed E-state index contributed by atoms with van der Waals surface area (Å²) in [6.07, 6.45) is 91.6. The summed E-state index contributed by atoms with van der Waals surface area (Å²) in [5.41, 5.74) is 0. The molecule has 0 aromatic rings. The van der Waals surface area contributed by atoms with Crippen LogP contribution in [0.4, 0.5) is 0 Å². The summed E-state index contributed by atoms with van der Waals surface area (Å²) >= 11 is 0. The lowest BCUT2D eigenvalue weighted by Gasteiger charge is -2.21. The molecule has 4 N–H and O–H groups in total. The quantitative estimate of drug-likeness (QED) is 0.0146. The number of hydrogen-bond donors (Lipinski definition) is 4. The molecule has 16 nitrogen and oxygen atoms in total. The summed E-state index contributed by atoms with van der Waals surface area (Å²) in [4.78, 5) is 58.6. The molecule has 103 heavy (non-hydrogen) atoms. The number of carbonyl (C=O) groups is 3. The van der Waals surface area contributed by atoms with Crippen molar-refractivity contribution in [3.63, 3.8) is 0 Å². The van der Waals surface area contributed by atoms with E-state index in [1.807, 2.05) is 0 Å². The van der Waals surface area contributed by atoms with E-state index in [2.05, 4.69) is 130 Å². The second-order valence-electron chi connectivity index (χ2n) is 27.6. The van der Waals surface area contributed by atoms with Gasteiger partial charge in [0.25, 0.3) is 0 Å². The summed E-state index contributed by atoms with van der Waals surface area (Å²) < 4.78 is 61.1. The Balaban J connectivity index is 4.40. The fourth-order valence-corrected chi connectivity index (χ4v) is 12.7. The molecule has 0 bridgehead atoms. The molecule has 5 unspecified atom stereocenters. The Bertz CT molecular complexity index is 2310. The predicted molar refractivity (Wildman–Crippen MR) is 427 cm³/mol. The van der Waals surface area contributed by atoms with Gasteiger partial charge in [-0.15, -0.1) is 0 Å². The number of phosphoric ester groups is 2. The Hall–Kier alpha value is -3.79. The van der Waals surface area contributed by atoms with E-state index < -0.39 is 91.5 Å². The first-order valence-electron chi connectivity index (χ1n) is 41.2. The van der Waals surface area contributed by atoms with E-state index >= 15 is 0 Å². The molecule has 0 heterocycles. The zero-order valence-electron chi connectivity index (χ0n) is 65.2. The van der Waals surface area contributed by atoms with Crippen LogP contribution in [-0.2, 0) is 55.8 Å². The average Bonchev–Trinajstić information content (AvgIpc) is 0.945. The Morgan fingerprint density at radius 2 is 0.495 bits per heavy atom. The Morgan fingerprint density at radius 1 is 0.272 bits per heavy atom. The molecule has 0 aromatic carbocycles. The minimum Gasteiger partial charge on any atom is -0.463 e. The van der Waals surface area contributed by atoms with Crippen LogP contribution in [0.5, 0.6) is 0 Å². The van der Waals surface area contributed by atoms with E-state index in [4.69, 9.17) is 32.3 Å². The normalized spacial score (nSPS) is 14.5. The number of esters is 3. The topological polar surface area (TPSA) is 231 Å². The van der Waals surface area contributed by atoms with Crippen LogP contribution in [0.3, 0.4) is 0 Å². The van der Waals surface area contributed by atoms with Crippen LogP contribution in [-0.4, -0.2) is 95.9 Å². The number of carbonyl (C=O) groups excluding carboxylic acids is 3. The number of hydrogen-bond acceptors (Lipinski definition) is 14.